The second-order valence-electron chi connectivity index (χ2n) is 4.95. The highest BCUT2D eigenvalue weighted by Gasteiger charge is 2.19. The number of rotatable bonds is 5. The molecule has 0 bridgehead atoms. The van der Waals surface area contributed by atoms with E-state index in [0.717, 1.165) is 31.6 Å². The van der Waals surface area contributed by atoms with E-state index in [9.17, 15) is 5.26 Å². The lowest BCUT2D eigenvalue weighted by atomic mass is 10.1. The van der Waals surface area contributed by atoms with Gasteiger partial charge in [0.15, 0.2) is 0 Å². The first-order chi connectivity index (χ1) is 8.70. The van der Waals surface area contributed by atoms with Crippen LogP contribution < -0.4 is 5.32 Å². The number of ether oxygens (including phenoxy) is 1. The standard InChI is InChI=1S/C13H20N4O/c1-10(2)17-9-11(7-16-17)13(6-14)15-8-12-4-3-5-18-12/h7,9-10,12-13,15H,3-5,8H2,1-2H3. The van der Waals surface area contributed by atoms with Crippen molar-refractivity contribution >= 4 is 0 Å². The van der Waals surface area contributed by atoms with E-state index in [1.54, 1.807) is 6.20 Å². The average Bonchev–Trinajstić information content (AvgIpc) is 3.00. The molecule has 2 unspecified atom stereocenters. The Kier molecular flexibility index (Phi) is 4.34. The van der Waals surface area contributed by atoms with Crippen LogP contribution in [0.4, 0.5) is 0 Å². The van der Waals surface area contributed by atoms with Crippen molar-refractivity contribution in [3.8, 4) is 6.07 Å². The first-order valence-electron chi connectivity index (χ1n) is 6.49. The molecule has 1 saturated heterocycles. The number of nitrogens with one attached hydrogen (secondary N) is 1. The quantitative estimate of drug-likeness (QED) is 0.863. The Morgan fingerprint density at radius 1 is 1.67 bits per heavy atom. The highest BCUT2D eigenvalue weighted by atomic mass is 16.5. The van der Waals surface area contributed by atoms with Crippen molar-refractivity contribution < 1.29 is 4.74 Å². The molecule has 2 rings (SSSR count). The molecule has 0 radical (unpaired) electrons. The summed E-state index contributed by atoms with van der Waals surface area (Å²) < 4.78 is 7.40. The minimum Gasteiger partial charge on any atom is -0.377 e. The predicted octanol–water partition coefficient (Wildman–Crippen LogP) is 1.80. The Hall–Kier alpha value is -1.38. The highest BCUT2D eigenvalue weighted by molar-refractivity contribution is 5.18. The molecule has 2 atom stereocenters. The van der Waals surface area contributed by atoms with Crippen LogP contribution in [0.5, 0.6) is 0 Å². The monoisotopic (exact) mass is 248 g/mol. The zero-order valence-electron chi connectivity index (χ0n) is 11.0. The minimum absolute atomic E-state index is 0.251. The van der Waals surface area contributed by atoms with Crippen LogP contribution in [0.15, 0.2) is 12.4 Å². The summed E-state index contributed by atoms with van der Waals surface area (Å²) in [4.78, 5) is 0. The van der Waals surface area contributed by atoms with E-state index in [0.29, 0.717) is 6.04 Å². The van der Waals surface area contributed by atoms with Gasteiger partial charge in [0.2, 0.25) is 0 Å². The maximum atomic E-state index is 9.21. The van der Waals surface area contributed by atoms with Crippen LogP contribution in [0, 0.1) is 11.3 Å². The zero-order chi connectivity index (χ0) is 13.0. The van der Waals surface area contributed by atoms with E-state index in [1.165, 1.54) is 0 Å². The van der Waals surface area contributed by atoms with E-state index in [-0.39, 0.29) is 12.1 Å². The molecule has 1 aromatic heterocycles. The number of aromatic nitrogens is 2. The van der Waals surface area contributed by atoms with Crippen molar-refractivity contribution in [2.24, 2.45) is 0 Å². The van der Waals surface area contributed by atoms with Gasteiger partial charge in [-0.15, -0.1) is 0 Å². The first-order valence-corrected chi connectivity index (χ1v) is 6.49. The number of nitriles is 1. The smallest absolute Gasteiger partial charge is 0.124 e. The third kappa shape index (κ3) is 3.09. The van der Waals surface area contributed by atoms with Gasteiger partial charge in [0.1, 0.15) is 6.04 Å². The van der Waals surface area contributed by atoms with Gasteiger partial charge in [-0.25, -0.2) is 0 Å². The summed E-state index contributed by atoms with van der Waals surface area (Å²) in [6, 6.07) is 2.29. The van der Waals surface area contributed by atoms with Crippen molar-refractivity contribution in [1.82, 2.24) is 15.1 Å². The van der Waals surface area contributed by atoms with Crippen molar-refractivity contribution in [3.05, 3.63) is 18.0 Å². The molecule has 2 heterocycles. The fourth-order valence-corrected chi connectivity index (χ4v) is 2.08. The molecule has 1 fully saturated rings. The lowest BCUT2D eigenvalue weighted by Gasteiger charge is -2.14. The largest absolute Gasteiger partial charge is 0.377 e. The summed E-state index contributed by atoms with van der Waals surface area (Å²) in [6.07, 6.45) is 6.14. The number of nitrogens with zero attached hydrogens (tertiary/aromatic N) is 3. The van der Waals surface area contributed by atoms with Gasteiger partial charge in [0.25, 0.3) is 0 Å². The molecule has 5 heteroatoms. The third-order valence-corrected chi connectivity index (χ3v) is 3.19. The van der Waals surface area contributed by atoms with Crippen LogP contribution >= 0.6 is 0 Å². The van der Waals surface area contributed by atoms with Gasteiger partial charge in [-0.1, -0.05) is 0 Å². The molecule has 18 heavy (non-hydrogen) atoms. The van der Waals surface area contributed by atoms with Gasteiger partial charge in [0, 0.05) is 31.0 Å². The Morgan fingerprint density at radius 3 is 3.06 bits per heavy atom. The Labute approximate surface area is 108 Å². The highest BCUT2D eigenvalue weighted by Crippen LogP contribution is 2.16. The molecular formula is C13H20N4O. The van der Waals surface area contributed by atoms with E-state index in [2.05, 4.69) is 30.3 Å². The SMILES string of the molecule is CC(C)n1cc(C(C#N)NCC2CCCO2)cn1. The van der Waals surface area contributed by atoms with E-state index in [4.69, 9.17) is 4.74 Å². The van der Waals surface area contributed by atoms with Gasteiger partial charge in [-0.2, -0.15) is 10.4 Å². The second-order valence-corrected chi connectivity index (χ2v) is 4.95. The molecule has 5 nitrogen and oxygen atoms in total. The van der Waals surface area contributed by atoms with Crippen LogP contribution in [-0.4, -0.2) is 29.0 Å². The number of hydrogen-bond acceptors (Lipinski definition) is 4. The molecule has 0 aliphatic carbocycles. The summed E-state index contributed by atoms with van der Waals surface area (Å²) in [6.45, 7) is 5.70. The lowest BCUT2D eigenvalue weighted by molar-refractivity contribution is 0.109. The molecule has 1 aromatic rings. The molecule has 0 spiro atoms. The van der Waals surface area contributed by atoms with Crippen LogP contribution in [0.1, 0.15) is 44.3 Å². The fourth-order valence-electron chi connectivity index (χ4n) is 2.08. The second kappa shape index (κ2) is 5.98. The van der Waals surface area contributed by atoms with Crippen LogP contribution in [-0.2, 0) is 4.74 Å². The minimum atomic E-state index is -0.304. The van der Waals surface area contributed by atoms with E-state index in [1.807, 2.05) is 10.9 Å². The molecule has 0 amide bonds. The van der Waals surface area contributed by atoms with Gasteiger partial charge in [-0.3, -0.25) is 10.00 Å². The van der Waals surface area contributed by atoms with Gasteiger partial charge < -0.3 is 4.74 Å². The van der Waals surface area contributed by atoms with Crippen LogP contribution in [0.25, 0.3) is 0 Å². The van der Waals surface area contributed by atoms with E-state index >= 15 is 0 Å². The van der Waals surface area contributed by atoms with Gasteiger partial charge >= 0.3 is 0 Å². The molecule has 1 aliphatic rings. The van der Waals surface area contributed by atoms with Gasteiger partial charge in [-0.05, 0) is 26.7 Å². The summed E-state index contributed by atoms with van der Waals surface area (Å²) in [5.74, 6) is 0. The Morgan fingerprint density at radius 2 is 2.50 bits per heavy atom. The molecule has 0 aromatic carbocycles. The van der Waals surface area contributed by atoms with Crippen LogP contribution in [0.2, 0.25) is 0 Å². The maximum Gasteiger partial charge on any atom is 0.124 e. The van der Waals surface area contributed by atoms with Crippen molar-refractivity contribution in [2.45, 2.75) is 44.9 Å². The van der Waals surface area contributed by atoms with Crippen LogP contribution in [0.3, 0.4) is 0 Å². The van der Waals surface area contributed by atoms with Crippen molar-refractivity contribution in [2.75, 3.05) is 13.2 Å². The first kappa shape index (κ1) is 13.1. The Balaban J connectivity index is 1.92. The van der Waals surface area contributed by atoms with Gasteiger partial charge in [0.05, 0.1) is 18.4 Å². The molecule has 98 valence electrons. The average molecular weight is 248 g/mol. The third-order valence-electron chi connectivity index (χ3n) is 3.19. The summed E-state index contributed by atoms with van der Waals surface area (Å²) >= 11 is 0. The normalized spacial score (nSPS) is 21.1. The maximum absolute atomic E-state index is 9.21. The van der Waals surface area contributed by atoms with E-state index < -0.39 is 0 Å². The molecule has 0 saturated carbocycles. The molecular weight excluding hydrogens is 228 g/mol. The van der Waals surface area contributed by atoms with Crippen molar-refractivity contribution in [1.29, 1.82) is 5.26 Å². The van der Waals surface area contributed by atoms with Crippen molar-refractivity contribution in [3.63, 3.8) is 0 Å². The molecule has 1 N–H and O–H groups in total. The summed E-state index contributed by atoms with van der Waals surface area (Å²) in [5.41, 5.74) is 0.921. The predicted molar refractivity (Wildman–Crippen MR) is 67.9 cm³/mol. The fraction of sp³-hybridized carbons (Fsp3) is 0.692. The number of hydrogen-bond donors (Lipinski definition) is 1. The lowest BCUT2D eigenvalue weighted by Crippen LogP contribution is -2.29. The summed E-state index contributed by atoms with van der Waals surface area (Å²) in [7, 11) is 0. The zero-order valence-corrected chi connectivity index (χ0v) is 11.0. The topological polar surface area (TPSA) is 62.9 Å². The Bertz CT molecular complexity index is 415. The molecule has 1 aliphatic heterocycles. The summed E-state index contributed by atoms with van der Waals surface area (Å²) in [5, 5.41) is 16.7.